The number of phenolic OH excluding ortho intramolecular Hbond substituents is 1. The summed E-state index contributed by atoms with van der Waals surface area (Å²) in [4.78, 5) is 13.4. The van der Waals surface area contributed by atoms with E-state index in [4.69, 9.17) is 0 Å². The number of aromatic hydroxyl groups is 1. The molecule has 4 nitrogen and oxygen atoms in total. The van der Waals surface area contributed by atoms with Crippen LogP contribution in [0.2, 0.25) is 0 Å². The molecule has 0 saturated heterocycles. The molecule has 0 aromatic heterocycles. The molecule has 0 fully saturated rings. The lowest BCUT2D eigenvalue weighted by Gasteiger charge is -2.18. The zero-order chi connectivity index (χ0) is 13.1. The van der Waals surface area contributed by atoms with E-state index in [1.54, 1.807) is 18.0 Å². The lowest BCUT2D eigenvalue weighted by Crippen LogP contribution is -2.36. The molecule has 2 rings (SSSR count). The zero-order valence-electron chi connectivity index (χ0n) is 10.9. The van der Waals surface area contributed by atoms with E-state index in [1.165, 1.54) is 0 Å². The zero-order valence-corrected chi connectivity index (χ0v) is 10.9. The van der Waals surface area contributed by atoms with E-state index in [0.29, 0.717) is 12.3 Å². The van der Waals surface area contributed by atoms with Gasteiger partial charge in [-0.3, -0.25) is 4.79 Å². The van der Waals surface area contributed by atoms with E-state index in [-0.39, 0.29) is 11.9 Å². The molecule has 1 aliphatic carbocycles. The van der Waals surface area contributed by atoms with Crippen molar-refractivity contribution in [3.05, 3.63) is 29.3 Å². The van der Waals surface area contributed by atoms with Crippen LogP contribution >= 0.6 is 0 Å². The Balaban J connectivity index is 1.98. The van der Waals surface area contributed by atoms with E-state index in [2.05, 4.69) is 5.32 Å². The van der Waals surface area contributed by atoms with E-state index in [0.717, 1.165) is 30.5 Å². The highest BCUT2D eigenvalue weighted by Gasteiger charge is 2.24. The minimum absolute atomic E-state index is 0.103. The highest BCUT2D eigenvalue weighted by atomic mass is 16.3. The summed E-state index contributed by atoms with van der Waals surface area (Å²) in [6.07, 6.45) is 1.81. The van der Waals surface area contributed by atoms with Crippen LogP contribution in [0.1, 0.15) is 30.5 Å². The smallest absolute Gasteiger partial charge is 0.236 e. The van der Waals surface area contributed by atoms with Gasteiger partial charge >= 0.3 is 0 Å². The fourth-order valence-corrected chi connectivity index (χ4v) is 2.37. The van der Waals surface area contributed by atoms with Crippen molar-refractivity contribution >= 4 is 5.91 Å². The SMILES string of the molecule is CCN(C)C(=O)CNC1CCc2c(O)cccc21. The molecule has 0 aliphatic heterocycles. The number of hydrogen-bond acceptors (Lipinski definition) is 3. The van der Waals surface area contributed by atoms with Crippen LogP contribution < -0.4 is 5.32 Å². The van der Waals surface area contributed by atoms with Gasteiger partial charge in [0.1, 0.15) is 5.75 Å². The predicted octanol–water partition coefficient (Wildman–Crippen LogP) is 1.45. The topological polar surface area (TPSA) is 52.6 Å². The van der Waals surface area contributed by atoms with Gasteiger partial charge in [0.2, 0.25) is 5.91 Å². The standard InChI is InChI=1S/C14H20N2O2/c1-3-16(2)14(18)9-15-12-8-7-11-10(12)5-4-6-13(11)17/h4-6,12,15,17H,3,7-9H2,1-2H3. The Labute approximate surface area is 108 Å². The van der Waals surface area contributed by atoms with Crippen molar-refractivity contribution in [2.75, 3.05) is 20.1 Å². The number of fused-ring (bicyclic) bond motifs is 1. The third-order valence-corrected chi connectivity index (χ3v) is 3.65. The van der Waals surface area contributed by atoms with Gasteiger partial charge in [0, 0.05) is 19.6 Å². The Hall–Kier alpha value is -1.55. The minimum Gasteiger partial charge on any atom is -0.508 e. The molecule has 1 aromatic carbocycles. The van der Waals surface area contributed by atoms with Gasteiger partial charge in [0.25, 0.3) is 0 Å². The molecule has 4 heteroatoms. The summed E-state index contributed by atoms with van der Waals surface area (Å²) in [7, 11) is 1.80. The third kappa shape index (κ3) is 2.48. The Morgan fingerprint density at radius 2 is 2.33 bits per heavy atom. The average molecular weight is 248 g/mol. The van der Waals surface area contributed by atoms with Gasteiger partial charge in [-0.15, -0.1) is 0 Å². The maximum absolute atomic E-state index is 11.7. The largest absolute Gasteiger partial charge is 0.508 e. The Bertz CT molecular complexity index is 445. The quantitative estimate of drug-likeness (QED) is 0.848. The number of phenols is 1. The second-order valence-corrected chi connectivity index (χ2v) is 4.72. The summed E-state index contributed by atoms with van der Waals surface area (Å²) < 4.78 is 0. The molecule has 1 aromatic rings. The number of carbonyl (C=O) groups is 1. The summed E-state index contributed by atoms with van der Waals surface area (Å²) in [6, 6.07) is 5.78. The molecular weight excluding hydrogens is 228 g/mol. The number of carbonyl (C=O) groups excluding carboxylic acids is 1. The van der Waals surface area contributed by atoms with Crippen molar-refractivity contribution in [2.24, 2.45) is 0 Å². The van der Waals surface area contributed by atoms with Crippen LogP contribution in [0.5, 0.6) is 5.75 Å². The molecular formula is C14H20N2O2. The molecule has 2 N–H and O–H groups in total. The predicted molar refractivity (Wildman–Crippen MR) is 70.5 cm³/mol. The highest BCUT2D eigenvalue weighted by molar-refractivity contribution is 5.78. The lowest BCUT2D eigenvalue weighted by atomic mass is 10.1. The van der Waals surface area contributed by atoms with Gasteiger partial charge in [0.05, 0.1) is 6.54 Å². The number of likely N-dealkylation sites (N-methyl/N-ethyl adjacent to an activating group) is 1. The first-order chi connectivity index (χ1) is 8.63. The molecule has 0 radical (unpaired) electrons. The van der Waals surface area contributed by atoms with E-state index in [9.17, 15) is 9.90 Å². The average Bonchev–Trinajstić information content (AvgIpc) is 2.79. The molecule has 18 heavy (non-hydrogen) atoms. The molecule has 1 amide bonds. The highest BCUT2D eigenvalue weighted by Crippen LogP contribution is 2.35. The monoisotopic (exact) mass is 248 g/mol. The van der Waals surface area contributed by atoms with Crippen LogP contribution in [0.4, 0.5) is 0 Å². The number of nitrogens with one attached hydrogen (secondary N) is 1. The van der Waals surface area contributed by atoms with Crippen LogP contribution in [-0.2, 0) is 11.2 Å². The van der Waals surface area contributed by atoms with Gasteiger partial charge < -0.3 is 15.3 Å². The van der Waals surface area contributed by atoms with Crippen LogP contribution in [0.3, 0.4) is 0 Å². The lowest BCUT2D eigenvalue weighted by molar-refractivity contribution is -0.128. The van der Waals surface area contributed by atoms with Crippen molar-refractivity contribution < 1.29 is 9.90 Å². The summed E-state index contributed by atoms with van der Waals surface area (Å²) in [6.45, 7) is 3.04. The van der Waals surface area contributed by atoms with Gasteiger partial charge in [-0.1, -0.05) is 12.1 Å². The summed E-state index contributed by atoms with van der Waals surface area (Å²) in [5.41, 5.74) is 2.15. The number of nitrogens with zero attached hydrogens (tertiary/aromatic N) is 1. The van der Waals surface area contributed by atoms with E-state index in [1.807, 2.05) is 19.1 Å². The maximum atomic E-state index is 11.7. The minimum atomic E-state index is 0.103. The van der Waals surface area contributed by atoms with Gasteiger partial charge in [-0.2, -0.15) is 0 Å². The second kappa shape index (κ2) is 5.40. The molecule has 0 bridgehead atoms. The summed E-state index contributed by atoms with van der Waals surface area (Å²) >= 11 is 0. The number of hydrogen-bond donors (Lipinski definition) is 2. The Morgan fingerprint density at radius 3 is 3.06 bits per heavy atom. The molecule has 0 spiro atoms. The maximum Gasteiger partial charge on any atom is 0.236 e. The van der Waals surface area contributed by atoms with Crippen LogP contribution in [0.15, 0.2) is 18.2 Å². The molecule has 1 unspecified atom stereocenters. The van der Waals surface area contributed by atoms with Gasteiger partial charge in [-0.05, 0) is 37.0 Å². The number of rotatable bonds is 4. The third-order valence-electron chi connectivity index (χ3n) is 3.65. The van der Waals surface area contributed by atoms with Gasteiger partial charge in [0.15, 0.2) is 0 Å². The number of benzene rings is 1. The molecule has 0 heterocycles. The normalized spacial score (nSPS) is 17.6. The first kappa shape index (κ1) is 12.9. The van der Waals surface area contributed by atoms with Crippen LogP contribution in [0, 0.1) is 0 Å². The van der Waals surface area contributed by atoms with Crippen LogP contribution in [-0.4, -0.2) is 36.1 Å². The fourth-order valence-electron chi connectivity index (χ4n) is 2.37. The van der Waals surface area contributed by atoms with Crippen molar-refractivity contribution in [1.29, 1.82) is 0 Å². The van der Waals surface area contributed by atoms with E-state index < -0.39 is 0 Å². The Kier molecular flexibility index (Phi) is 3.87. The molecule has 1 atom stereocenters. The van der Waals surface area contributed by atoms with Crippen molar-refractivity contribution in [1.82, 2.24) is 10.2 Å². The van der Waals surface area contributed by atoms with Gasteiger partial charge in [-0.25, -0.2) is 0 Å². The number of amides is 1. The van der Waals surface area contributed by atoms with Crippen molar-refractivity contribution in [2.45, 2.75) is 25.8 Å². The summed E-state index contributed by atoms with van der Waals surface area (Å²) in [5, 5.41) is 13.0. The van der Waals surface area contributed by atoms with Crippen molar-refractivity contribution in [3.8, 4) is 5.75 Å². The van der Waals surface area contributed by atoms with Crippen LogP contribution in [0.25, 0.3) is 0 Å². The molecule has 0 saturated carbocycles. The first-order valence-electron chi connectivity index (χ1n) is 6.41. The molecule has 1 aliphatic rings. The molecule has 98 valence electrons. The van der Waals surface area contributed by atoms with E-state index >= 15 is 0 Å². The second-order valence-electron chi connectivity index (χ2n) is 4.72. The fraction of sp³-hybridized carbons (Fsp3) is 0.500. The summed E-state index contributed by atoms with van der Waals surface area (Å²) in [5.74, 6) is 0.472. The first-order valence-corrected chi connectivity index (χ1v) is 6.41. The Morgan fingerprint density at radius 1 is 1.56 bits per heavy atom. The van der Waals surface area contributed by atoms with Crippen molar-refractivity contribution in [3.63, 3.8) is 0 Å².